The van der Waals surface area contributed by atoms with E-state index in [2.05, 4.69) is 0 Å². The molecule has 1 fully saturated rings. The summed E-state index contributed by atoms with van der Waals surface area (Å²) in [6.07, 6.45) is -4.85. The van der Waals surface area contributed by atoms with Gasteiger partial charge in [-0.25, -0.2) is 0 Å². The van der Waals surface area contributed by atoms with E-state index >= 15 is 0 Å². The molecule has 0 aromatic carbocycles. The van der Waals surface area contributed by atoms with Crippen LogP contribution in [0.4, 0.5) is 0 Å². The number of aliphatic hydroxyl groups is 4. The molecule has 13 heavy (non-hydrogen) atoms. The van der Waals surface area contributed by atoms with E-state index in [4.69, 9.17) is 20.7 Å². The summed E-state index contributed by atoms with van der Waals surface area (Å²) in [5.74, 6) is 0. The van der Waals surface area contributed by atoms with Crippen molar-refractivity contribution in [3.05, 3.63) is 0 Å². The molecule has 6 N–H and O–H groups in total. The van der Waals surface area contributed by atoms with Crippen LogP contribution >= 0.6 is 17.0 Å². The van der Waals surface area contributed by atoms with Crippen LogP contribution in [0.5, 0.6) is 0 Å². The van der Waals surface area contributed by atoms with Gasteiger partial charge in [-0.05, 0) is 0 Å². The third kappa shape index (κ3) is 2.59. The third-order valence-electron chi connectivity index (χ3n) is 1.95. The molecule has 5 atom stereocenters. The van der Waals surface area contributed by atoms with E-state index in [0.717, 1.165) is 0 Å². The van der Waals surface area contributed by atoms with E-state index in [1.807, 2.05) is 0 Å². The average Bonchev–Trinajstić information content (AvgIpc) is 2.08. The minimum atomic E-state index is -1.35. The number of rotatable bonds is 1. The van der Waals surface area contributed by atoms with Crippen molar-refractivity contribution in [3.8, 4) is 0 Å². The highest BCUT2D eigenvalue weighted by Crippen LogP contribution is 2.17. The lowest BCUT2D eigenvalue weighted by atomic mass is 9.98. The zero-order chi connectivity index (χ0) is 9.30. The number of ether oxygens (including phenoxy) is 1. The molecule has 7 heteroatoms. The zero-order valence-electron chi connectivity index (χ0n) is 6.78. The number of hydrogen-bond donors (Lipinski definition) is 5. The Bertz CT molecular complexity index is 155. The fourth-order valence-corrected chi connectivity index (χ4v) is 1.12. The standard InChI is InChI=1S/C6H13NO5.BrH/c7-3-5(10)4(9)2(1-8)12-6(3)11;/h2-6,8-11H,1,7H2;1H/t2-,3-,4+,5-,6?;/m1./s1. The van der Waals surface area contributed by atoms with Gasteiger partial charge >= 0.3 is 0 Å². The summed E-state index contributed by atoms with van der Waals surface area (Å²) in [5, 5.41) is 36.1. The summed E-state index contributed by atoms with van der Waals surface area (Å²) in [6, 6.07) is -1.04. The predicted octanol–water partition coefficient (Wildman–Crippen LogP) is -2.68. The Hall–Kier alpha value is 0.240. The van der Waals surface area contributed by atoms with E-state index in [0.29, 0.717) is 0 Å². The molecule has 6 nitrogen and oxygen atoms in total. The second kappa shape index (κ2) is 5.20. The maximum absolute atomic E-state index is 9.20. The van der Waals surface area contributed by atoms with Gasteiger partial charge in [0.25, 0.3) is 0 Å². The van der Waals surface area contributed by atoms with Gasteiger partial charge in [-0.3, -0.25) is 0 Å². The SMILES string of the molecule is Br.N[C@H]1C(O)O[C@H](CO)[C@H](O)[C@@H]1O. The summed E-state index contributed by atoms with van der Waals surface area (Å²) in [4.78, 5) is 0. The largest absolute Gasteiger partial charge is 0.394 e. The predicted molar refractivity (Wildman–Crippen MR) is 48.3 cm³/mol. The lowest BCUT2D eigenvalue weighted by Gasteiger charge is -2.38. The van der Waals surface area contributed by atoms with Crippen LogP contribution in [-0.4, -0.2) is 57.7 Å². The van der Waals surface area contributed by atoms with Crippen LogP contribution in [0.1, 0.15) is 0 Å². The van der Waals surface area contributed by atoms with Gasteiger partial charge in [-0.2, -0.15) is 0 Å². The van der Waals surface area contributed by atoms with Crippen molar-refractivity contribution in [1.29, 1.82) is 0 Å². The van der Waals surface area contributed by atoms with E-state index in [1.165, 1.54) is 0 Å². The van der Waals surface area contributed by atoms with Crippen molar-refractivity contribution in [2.75, 3.05) is 6.61 Å². The molecule has 80 valence electrons. The first-order valence-corrected chi connectivity index (χ1v) is 3.64. The summed E-state index contributed by atoms with van der Waals surface area (Å²) in [7, 11) is 0. The maximum atomic E-state index is 9.20. The third-order valence-corrected chi connectivity index (χ3v) is 1.95. The molecule has 1 aliphatic heterocycles. The summed E-state index contributed by atoms with van der Waals surface area (Å²) < 4.78 is 4.70. The highest BCUT2D eigenvalue weighted by atomic mass is 79.9. The van der Waals surface area contributed by atoms with Crippen molar-refractivity contribution < 1.29 is 25.2 Å². The molecule has 1 rings (SSSR count). The highest BCUT2D eigenvalue weighted by molar-refractivity contribution is 8.93. The molecule has 0 amide bonds. The molecule has 1 unspecified atom stereocenters. The molecule has 0 aromatic heterocycles. The van der Waals surface area contributed by atoms with Crippen molar-refractivity contribution >= 4 is 17.0 Å². The Morgan fingerprint density at radius 2 is 1.69 bits per heavy atom. The van der Waals surface area contributed by atoms with Gasteiger partial charge in [0.05, 0.1) is 12.6 Å². The van der Waals surface area contributed by atoms with E-state index in [1.54, 1.807) is 0 Å². The van der Waals surface area contributed by atoms with Gasteiger partial charge in [0, 0.05) is 0 Å². The van der Waals surface area contributed by atoms with Crippen LogP contribution < -0.4 is 5.73 Å². The molecule has 0 aromatic rings. The summed E-state index contributed by atoms with van der Waals surface area (Å²) in [5.41, 5.74) is 5.26. The van der Waals surface area contributed by atoms with Gasteiger partial charge < -0.3 is 30.9 Å². The number of aliphatic hydroxyl groups excluding tert-OH is 4. The molecular weight excluding hydrogens is 246 g/mol. The maximum Gasteiger partial charge on any atom is 0.173 e. The molecule has 0 spiro atoms. The number of nitrogens with two attached hydrogens (primary N) is 1. The van der Waals surface area contributed by atoms with Crippen molar-refractivity contribution in [2.45, 2.75) is 30.6 Å². The Labute approximate surface area is 85.7 Å². The Morgan fingerprint density at radius 1 is 1.15 bits per heavy atom. The number of halogens is 1. The smallest absolute Gasteiger partial charge is 0.173 e. The second-order valence-electron chi connectivity index (χ2n) is 2.81. The fourth-order valence-electron chi connectivity index (χ4n) is 1.12. The summed E-state index contributed by atoms with van der Waals surface area (Å²) >= 11 is 0. The Kier molecular flexibility index (Phi) is 5.30. The minimum absolute atomic E-state index is 0. The van der Waals surface area contributed by atoms with Crippen LogP contribution in [0.25, 0.3) is 0 Å². The zero-order valence-corrected chi connectivity index (χ0v) is 8.49. The Balaban J connectivity index is 0.00000144. The molecule has 1 aliphatic rings. The molecule has 0 bridgehead atoms. The molecule has 1 saturated heterocycles. The van der Waals surface area contributed by atoms with Crippen LogP contribution in [-0.2, 0) is 4.74 Å². The normalized spacial score (nSPS) is 45.5. The summed E-state index contributed by atoms with van der Waals surface area (Å²) in [6.45, 7) is -0.470. The van der Waals surface area contributed by atoms with Crippen molar-refractivity contribution in [3.63, 3.8) is 0 Å². The first-order valence-electron chi connectivity index (χ1n) is 3.64. The van der Waals surface area contributed by atoms with Gasteiger partial charge in [0.2, 0.25) is 0 Å². The monoisotopic (exact) mass is 259 g/mol. The lowest BCUT2D eigenvalue weighted by Crippen LogP contribution is -2.61. The molecule has 0 aliphatic carbocycles. The molecule has 1 heterocycles. The van der Waals surface area contributed by atoms with Crippen molar-refractivity contribution in [1.82, 2.24) is 0 Å². The van der Waals surface area contributed by atoms with Crippen molar-refractivity contribution in [2.24, 2.45) is 5.73 Å². The van der Waals surface area contributed by atoms with Crippen LogP contribution in [0.3, 0.4) is 0 Å². The van der Waals surface area contributed by atoms with Gasteiger partial charge in [0.1, 0.15) is 18.3 Å². The highest BCUT2D eigenvalue weighted by Gasteiger charge is 2.41. The molecule has 0 radical (unpaired) electrons. The van der Waals surface area contributed by atoms with Gasteiger partial charge in [-0.15, -0.1) is 17.0 Å². The van der Waals surface area contributed by atoms with Gasteiger partial charge in [0.15, 0.2) is 6.29 Å². The second-order valence-corrected chi connectivity index (χ2v) is 2.81. The van der Waals surface area contributed by atoms with Crippen LogP contribution in [0.2, 0.25) is 0 Å². The number of hydrogen-bond acceptors (Lipinski definition) is 6. The molecule has 0 saturated carbocycles. The minimum Gasteiger partial charge on any atom is -0.394 e. The Morgan fingerprint density at radius 3 is 2.15 bits per heavy atom. The van der Waals surface area contributed by atoms with E-state index < -0.39 is 37.3 Å². The first-order chi connectivity index (χ1) is 5.57. The van der Waals surface area contributed by atoms with Crippen LogP contribution in [0.15, 0.2) is 0 Å². The van der Waals surface area contributed by atoms with Gasteiger partial charge in [-0.1, -0.05) is 0 Å². The molecular formula is C6H14BrNO5. The lowest BCUT2D eigenvalue weighted by molar-refractivity contribution is -0.248. The fraction of sp³-hybridized carbons (Fsp3) is 1.00. The van der Waals surface area contributed by atoms with Crippen LogP contribution in [0, 0.1) is 0 Å². The van der Waals surface area contributed by atoms with E-state index in [-0.39, 0.29) is 17.0 Å². The topological polar surface area (TPSA) is 116 Å². The van der Waals surface area contributed by atoms with E-state index in [9.17, 15) is 10.2 Å². The quantitative estimate of drug-likeness (QED) is 0.351. The first kappa shape index (κ1) is 13.2. The average molecular weight is 260 g/mol.